The number of hydrogen-bond acceptors (Lipinski definition) is 3. The van der Waals surface area contributed by atoms with E-state index >= 15 is 0 Å². The van der Waals surface area contributed by atoms with Gasteiger partial charge in [-0.15, -0.1) is 0 Å². The number of fused-ring (bicyclic) bond motifs is 1. The van der Waals surface area contributed by atoms with E-state index in [2.05, 4.69) is 49.1 Å². The van der Waals surface area contributed by atoms with Crippen LogP contribution in [-0.4, -0.2) is 30.1 Å². The van der Waals surface area contributed by atoms with Crippen molar-refractivity contribution in [1.29, 1.82) is 0 Å². The summed E-state index contributed by atoms with van der Waals surface area (Å²) in [5.74, 6) is 0.616. The zero-order chi connectivity index (χ0) is 19.2. The number of piperidine rings is 1. The van der Waals surface area contributed by atoms with E-state index in [1.807, 2.05) is 12.1 Å². The topological polar surface area (TPSA) is 37.4 Å². The Balaban J connectivity index is 0.000000159. The van der Waals surface area contributed by atoms with Gasteiger partial charge in [-0.2, -0.15) is 0 Å². The van der Waals surface area contributed by atoms with Gasteiger partial charge in [-0.1, -0.05) is 36.4 Å². The van der Waals surface area contributed by atoms with E-state index in [1.165, 1.54) is 22.3 Å². The molecule has 0 aromatic heterocycles. The zero-order valence-corrected chi connectivity index (χ0v) is 16.4. The van der Waals surface area contributed by atoms with Crippen LogP contribution < -0.4 is 0 Å². The average molecular weight is 364 g/mol. The summed E-state index contributed by atoms with van der Waals surface area (Å²) in [5, 5.41) is 0. The van der Waals surface area contributed by atoms with Gasteiger partial charge in [-0.3, -0.25) is 9.69 Å². The number of carbonyl (C=O) groups excluding carboxylic acids is 2. The number of nitrogens with zero attached hydrogens (tertiary/aromatic N) is 1. The van der Waals surface area contributed by atoms with Crippen molar-refractivity contribution in [3.05, 3.63) is 70.3 Å². The van der Waals surface area contributed by atoms with Crippen molar-refractivity contribution >= 4 is 12.1 Å². The number of likely N-dealkylation sites (tertiary alicyclic amines) is 1. The average Bonchev–Trinajstić information content (AvgIpc) is 3.04. The Hall–Kier alpha value is -2.26. The van der Waals surface area contributed by atoms with Gasteiger partial charge in [0, 0.05) is 24.4 Å². The summed E-state index contributed by atoms with van der Waals surface area (Å²) in [6.07, 6.45) is 4.81. The molecule has 4 rings (SSSR count). The smallest absolute Gasteiger partial charge is 0.163 e. The van der Waals surface area contributed by atoms with Crippen molar-refractivity contribution in [2.24, 2.45) is 5.92 Å². The second kappa shape index (κ2) is 9.09. The van der Waals surface area contributed by atoms with Crippen LogP contribution in [0.1, 0.15) is 51.9 Å². The molecule has 2 aromatic carbocycles. The lowest BCUT2D eigenvalue weighted by Crippen LogP contribution is -2.33. The summed E-state index contributed by atoms with van der Waals surface area (Å²) in [4.78, 5) is 24.4. The minimum Gasteiger partial charge on any atom is -0.303 e. The predicted octanol–water partition coefficient (Wildman–Crippen LogP) is 4.53. The molecule has 0 amide bonds. The Labute approximate surface area is 162 Å². The summed E-state index contributed by atoms with van der Waals surface area (Å²) in [6, 6.07) is 14.7. The summed E-state index contributed by atoms with van der Waals surface area (Å²) < 4.78 is 0. The standard InChI is InChI=1S/C13H17NO.C11H12O/c15-11-13-6-8-14(9-7-13)10-12-4-2-1-3-5-12;1-7-5-9-3-4-11(12)10(9)6-8(7)2/h1-5,11,13H,6-10H2;5-6H,3-4H2,1-2H3. The molecule has 1 fully saturated rings. The number of carbonyl (C=O) groups is 2. The normalized spacial score (nSPS) is 17.2. The Morgan fingerprint density at radius 2 is 1.67 bits per heavy atom. The van der Waals surface area contributed by atoms with Crippen molar-refractivity contribution < 1.29 is 9.59 Å². The molecule has 142 valence electrons. The fourth-order valence-corrected chi connectivity index (χ4v) is 3.81. The minimum atomic E-state index is 0.303. The number of hydrogen-bond donors (Lipinski definition) is 0. The Bertz CT molecular complexity index is 790. The van der Waals surface area contributed by atoms with Crippen LogP contribution in [0.3, 0.4) is 0 Å². The van der Waals surface area contributed by atoms with Crippen LogP contribution >= 0.6 is 0 Å². The first-order valence-corrected chi connectivity index (χ1v) is 9.91. The first kappa shape index (κ1) is 19.5. The first-order valence-electron chi connectivity index (χ1n) is 9.91. The van der Waals surface area contributed by atoms with Crippen LogP contribution in [0, 0.1) is 19.8 Å². The van der Waals surface area contributed by atoms with Crippen molar-refractivity contribution in [2.45, 2.75) is 46.1 Å². The lowest BCUT2D eigenvalue weighted by atomic mass is 9.98. The van der Waals surface area contributed by atoms with Crippen molar-refractivity contribution in [3.8, 4) is 0 Å². The number of benzene rings is 2. The van der Waals surface area contributed by atoms with Gasteiger partial charge < -0.3 is 4.79 Å². The first-order chi connectivity index (χ1) is 13.1. The second-order valence-electron chi connectivity index (χ2n) is 7.75. The minimum absolute atomic E-state index is 0.303. The Kier molecular flexibility index (Phi) is 6.57. The van der Waals surface area contributed by atoms with Crippen LogP contribution in [0.5, 0.6) is 0 Å². The number of aldehydes is 1. The molecule has 3 nitrogen and oxygen atoms in total. The quantitative estimate of drug-likeness (QED) is 0.752. The largest absolute Gasteiger partial charge is 0.303 e. The van der Waals surface area contributed by atoms with Gasteiger partial charge in [-0.25, -0.2) is 0 Å². The monoisotopic (exact) mass is 363 g/mol. The van der Waals surface area contributed by atoms with E-state index < -0.39 is 0 Å². The van der Waals surface area contributed by atoms with Crippen molar-refractivity contribution in [3.63, 3.8) is 0 Å². The van der Waals surface area contributed by atoms with Crippen LogP contribution in [0.4, 0.5) is 0 Å². The molecule has 0 radical (unpaired) electrons. The molecule has 2 aliphatic rings. The number of Topliss-reactive ketones (excluding diaryl/α,β-unsaturated/α-hetero) is 1. The summed E-state index contributed by atoms with van der Waals surface area (Å²) in [5.41, 5.74) is 6.08. The summed E-state index contributed by atoms with van der Waals surface area (Å²) in [7, 11) is 0. The third kappa shape index (κ3) is 5.14. The van der Waals surface area contributed by atoms with Gasteiger partial charge >= 0.3 is 0 Å². The van der Waals surface area contributed by atoms with Gasteiger partial charge in [0.25, 0.3) is 0 Å². The number of rotatable bonds is 3. The molecular formula is C24H29NO2. The zero-order valence-electron chi connectivity index (χ0n) is 16.4. The summed E-state index contributed by atoms with van der Waals surface area (Å²) in [6.45, 7) is 7.28. The fraction of sp³-hybridized carbons (Fsp3) is 0.417. The van der Waals surface area contributed by atoms with Crippen molar-refractivity contribution in [2.75, 3.05) is 13.1 Å². The van der Waals surface area contributed by atoms with Crippen LogP contribution in [0.25, 0.3) is 0 Å². The summed E-state index contributed by atoms with van der Waals surface area (Å²) >= 11 is 0. The number of aryl methyl sites for hydroxylation is 3. The molecule has 1 heterocycles. The van der Waals surface area contributed by atoms with Gasteiger partial charge in [0.15, 0.2) is 5.78 Å². The maximum absolute atomic E-state index is 11.3. The lowest BCUT2D eigenvalue weighted by Gasteiger charge is -2.29. The van der Waals surface area contributed by atoms with Crippen LogP contribution in [-0.2, 0) is 17.8 Å². The van der Waals surface area contributed by atoms with Crippen molar-refractivity contribution in [1.82, 2.24) is 4.90 Å². The highest BCUT2D eigenvalue weighted by Gasteiger charge is 2.19. The highest BCUT2D eigenvalue weighted by Crippen LogP contribution is 2.24. The maximum atomic E-state index is 11.3. The van der Waals surface area contributed by atoms with Crippen LogP contribution in [0.2, 0.25) is 0 Å². The molecule has 0 spiro atoms. The predicted molar refractivity (Wildman–Crippen MR) is 109 cm³/mol. The van der Waals surface area contributed by atoms with E-state index in [1.54, 1.807) is 0 Å². The van der Waals surface area contributed by atoms with E-state index in [-0.39, 0.29) is 0 Å². The van der Waals surface area contributed by atoms with Crippen LogP contribution in [0.15, 0.2) is 42.5 Å². The molecule has 0 saturated carbocycles. The molecule has 0 N–H and O–H groups in total. The Morgan fingerprint density at radius 1 is 1.00 bits per heavy atom. The molecule has 27 heavy (non-hydrogen) atoms. The molecule has 0 atom stereocenters. The highest BCUT2D eigenvalue weighted by molar-refractivity contribution is 6.00. The molecule has 0 bridgehead atoms. The molecule has 1 aliphatic heterocycles. The van der Waals surface area contributed by atoms with Gasteiger partial charge in [0.05, 0.1) is 0 Å². The molecule has 1 saturated heterocycles. The molecule has 1 aliphatic carbocycles. The van der Waals surface area contributed by atoms with Gasteiger partial charge in [0.2, 0.25) is 0 Å². The van der Waals surface area contributed by atoms with E-state index in [9.17, 15) is 9.59 Å². The van der Waals surface area contributed by atoms with Gasteiger partial charge in [-0.05, 0) is 74.5 Å². The molecule has 3 heteroatoms. The molecule has 0 unspecified atom stereocenters. The van der Waals surface area contributed by atoms with E-state index in [0.717, 1.165) is 50.7 Å². The Morgan fingerprint density at radius 3 is 2.33 bits per heavy atom. The van der Waals surface area contributed by atoms with E-state index in [0.29, 0.717) is 18.1 Å². The van der Waals surface area contributed by atoms with E-state index in [4.69, 9.17) is 0 Å². The third-order valence-electron chi connectivity index (χ3n) is 5.72. The van der Waals surface area contributed by atoms with Gasteiger partial charge in [0.1, 0.15) is 6.29 Å². The number of ketones is 1. The molecule has 2 aromatic rings. The maximum Gasteiger partial charge on any atom is 0.163 e. The SMILES string of the molecule is Cc1cc2c(cc1C)C(=O)CC2.O=CC1CCN(Cc2ccccc2)CC1. The second-order valence-corrected chi connectivity index (χ2v) is 7.75. The third-order valence-corrected chi connectivity index (χ3v) is 5.72. The lowest BCUT2D eigenvalue weighted by molar-refractivity contribution is -0.112. The molecular weight excluding hydrogens is 334 g/mol. The highest BCUT2D eigenvalue weighted by atomic mass is 16.1. The fourth-order valence-electron chi connectivity index (χ4n) is 3.81.